The molecule has 3 heterocycles. The zero-order chi connectivity index (χ0) is 26.7. The van der Waals surface area contributed by atoms with Crippen molar-refractivity contribution >= 4 is 29.1 Å². The van der Waals surface area contributed by atoms with Crippen molar-refractivity contribution in [2.45, 2.75) is 11.3 Å². The zero-order valence-corrected chi connectivity index (χ0v) is 21.3. The van der Waals surface area contributed by atoms with E-state index in [1.165, 1.54) is 28.1 Å². The van der Waals surface area contributed by atoms with E-state index in [1.807, 2.05) is 60.7 Å². The Kier molecular flexibility index (Phi) is 5.21. The second kappa shape index (κ2) is 8.38. The summed E-state index contributed by atoms with van der Waals surface area (Å²) in [6.07, 6.45) is 1.68. The van der Waals surface area contributed by atoms with Gasteiger partial charge in [-0.2, -0.15) is 4.68 Å². The molecule has 2 unspecified atom stereocenters. The minimum atomic E-state index is -1.25. The molecule has 1 aromatic heterocycles. The van der Waals surface area contributed by atoms with Gasteiger partial charge in [0.2, 0.25) is 16.1 Å². The first-order valence-corrected chi connectivity index (χ1v) is 12.6. The number of nitro groups is 1. The Morgan fingerprint density at radius 3 is 2.11 bits per heavy atom. The van der Waals surface area contributed by atoms with Gasteiger partial charge in [-0.3, -0.25) is 30.1 Å². The molecule has 1 N–H and O–H groups in total. The van der Waals surface area contributed by atoms with E-state index in [0.29, 0.717) is 14.9 Å². The van der Waals surface area contributed by atoms with Gasteiger partial charge in [-0.05, 0) is 23.8 Å². The lowest BCUT2D eigenvalue weighted by molar-refractivity contribution is -0.384. The van der Waals surface area contributed by atoms with Crippen LogP contribution in [0.3, 0.4) is 0 Å². The van der Waals surface area contributed by atoms with Crippen molar-refractivity contribution in [1.82, 2.24) is 14.5 Å². The molecule has 2 atom stereocenters. The molecule has 0 saturated carbocycles. The van der Waals surface area contributed by atoms with Crippen molar-refractivity contribution in [2.75, 3.05) is 19.5 Å². The molecule has 2 aliphatic heterocycles. The molecule has 3 aromatic carbocycles. The summed E-state index contributed by atoms with van der Waals surface area (Å²) in [4.78, 5) is 46.6. The molecular weight excluding hydrogens is 504 g/mol. The summed E-state index contributed by atoms with van der Waals surface area (Å²) >= 11 is 1.18. The third-order valence-electron chi connectivity index (χ3n) is 7.17. The summed E-state index contributed by atoms with van der Waals surface area (Å²) in [5, 5.41) is 11.0. The van der Waals surface area contributed by atoms with Gasteiger partial charge in [0.25, 0.3) is 11.2 Å². The highest BCUT2D eigenvalue weighted by Gasteiger charge is 2.69. The Labute approximate surface area is 220 Å². The summed E-state index contributed by atoms with van der Waals surface area (Å²) < 4.78 is 1.78. The number of aromatic nitrogens is 1. The molecule has 0 aliphatic carbocycles. The van der Waals surface area contributed by atoms with Crippen molar-refractivity contribution in [1.29, 1.82) is 0 Å². The molecule has 0 radical (unpaired) electrons. The Morgan fingerprint density at radius 1 is 0.895 bits per heavy atom. The van der Waals surface area contributed by atoms with Crippen molar-refractivity contribution in [3.8, 4) is 0 Å². The number of carbonyl (C=O) groups excluding carboxylic acids is 1. The highest BCUT2D eigenvalue weighted by Crippen LogP contribution is 2.53. The number of likely N-dealkylation sites (N-methyl/N-ethyl adjacent to an activating group) is 2. The van der Waals surface area contributed by atoms with Crippen LogP contribution in [-0.4, -0.2) is 39.5 Å². The van der Waals surface area contributed by atoms with E-state index in [1.54, 1.807) is 42.1 Å². The predicted octanol–water partition coefficient (Wildman–Crippen LogP) is 2.53. The number of nitrogens with one attached hydrogen (secondary N) is 1. The fraction of sp³-hybridized carbons (Fsp3) is 0.148. The maximum Gasteiger partial charge on any atom is 0.324 e. The molecule has 0 spiro atoms. The molecule has 6 rings (SSSR count). The molecule has 2 amide bonds. The summed E-state index contributed by atoms with van der Waals surface area (Å²) in [5.74, 6) is 0. The van der Waals surface area contributed by atoms with Crippen LogP contribution < -0.4 is 20.3 Å². The van der Waals surface area contributed by atoms with E-state index >= 15 is 0 Å². The van der Waals surface area contributed by atoms with Gasteiger partial charge in [-0.1, -0.05) is 72.0 Å². The van der Waals surface area contributed by atoms with Crippen LogP contribution >= 0.6 is 11.3 Å². The average molecular weight is 527 g/mol. The van der Waals surface area contributed by atoms with E-state index in [2.05, 4.69) is 5.43 Å². The highest BCUT2D eigenvalue weighted by molar-refractivity contribution is 7.07. The van der Waals surface area contributed by atoms with Gasteiger partial charge >= 0.3 is 6.03 Å². The molecule has 1 saturated heterocycles. The number of benzene rings is 3. The van der Waals surface area contributed by atoms with Crippen molar-refractivity contribution < 1.29 is 9.72 Å². The lowest BCUT2D eigenvalue weighted by Gasteiger charge is -2.49. The van der Waals surface area contributed by atoms with Gasteiger partial charge in [0.15, 0.2) is 0 Å². The second-order valence-corrected chi connectivity index (χ2v) is 10.1. The van der Waals surface area contributed by atoms with Crippen LogP contribution in [0.2, 0.25) is 0 Å². The lowest BCUT2D eigenvalue weighted by Crippen LogP contribution is -2.67. The number of nitro benzene ring substituents is 1. The van der Waals surface area contributed by atoms with Crippen LogP contribution in [0, 0.1) is 10.1 Å². The van der Waals surface area contributed by atoms with Crippen molar-refractivity contribution in [3.05, 3.63) is 131 Å². The van der Waals surface area contributed by atoms with Gasteiger partial charge in [-0.15, -0.1) is 0 Å². The molecule has 11 heteroatoms. The number of thiazole rings is 1. The van der Waals surface area contributed by atoms with Gasteiger partial charge in [0.1, 0.15) is 0 Å². The minimum absolute atomic E-state index is 0.0285. The lowest BCUT2D eigenvalue weighted by atomic mass is 9.80. The summed E-state index contributed by atoms with van der Waals surface area (Å²) in [7, 11) is 3.42. The molecular formula is C27H22N6O4S. The molecule has 190 valence electrons. The SMILES string of the molecule is CN1C(=O)N(C)C2(c3ccccc3)Nn3c(s/c(=C\c4ccc([N+](=O)[O-])cc4)c3=O)=NC12c1ccccc1. The first-order chi connectivity index (χ1) is 18.3. The van der Waals surface area contributed by atoms with E-state index in [4.69, 9.17) is 4.99 Å². The Hall–Kier alpha value is -4.77. The van der Waals surface area contributed by atoms with E-state index < -0.39 is 16.2 Å². The number of nitrogens with zero attached hydrogens (tertiary/aromatic N) is 5. The monoisotopic (exact) mass is 526 g/mol. The van der Waals surface area contributed by atoms with Gasteiger partial charge < -0.3 is 0 Å². The first kappa shape index (κ1) is 23.6. The molecule has 10 nitrogen and oxygen atoms in total. The number of fused-ring (bicyclic) bond motifs is 2. The molecule has 1 fully saturated rings. The third kappa shape index (κ3) is 3.08. The number of hydrogen-bond acceptors (Lipinski definition) is 7. The highest BCUT2D eigenvalue weighted by atomic mass is 32.1. The summed E-state index contributed by atoms with van der Waals surface area (Å²) in [6.45, 7) is 0. The topological polar surface area (TPSA) is 113 Å². The van der Waals surface area contributed by atoms with Crippen LogP contribution in [-0.2, 0) is 11.3 Å². The molecule has 4 aromatic rings. The zero-order valence-electron chi connectivity index (χ0n) is 20.4. The summed E-state index contributed by atoms with van der Waals surface area (Å²) in [5.41, 5.74) is 2.76. The number of rotatable bonds is 4. The van der Waals surface area contributed by atoms with Crippen LogP contribution in [0.5, 0.6) is 0 Å². The van der Waals surface area contributed by atoms with E-state index in [0.717, 1.165) is 11.1 Å². The van der Waals surface area contributed by atoms with Gasteiger partial charge in [-0.25, -0.2) is 9.79 Å². The first-order valence-electron chi connectivity index (χ1n) is 11.8. The molecule has 38 heavy (non-hydrogen) atoms. The Morgan fingerprint density at radius 2 is 1.50 bits per heavy atom. The largest absolute Gasteiger partial charge is 0.324 e. The predicted molar refractivity (Wildman–Crippen MR) is 143 cm³/mol. The van der Waals surface area contributed by atoms with Crippen LogP contribution in [0.1, 0.15) is 16.7 Å². The normalized spacial score (nSPS) is 22.5. The molecule has 0 bridgehead atoms. The fourth-order valence-electron chi connectivity index (χ4n) is 5.36. The Bertz CT molecular complexity index is 1750. The number of non-ortho nitro benzene ring substituents is 1. The molecule has 2 aliphatic rings. The van der Waals surface area contributed by atoms with Crippen molar-refractivity contribution in [3.63, 3.8) is 0 Å². The minimum Gasteiger partial charge on any atom is -0.295 e. The summed E-state index contributed by atoms with van der Waals surface area (Å²) in [6, 6.07) is 24.8. The van der Waals surface area contributed by atoms with E-state index in [9.17, 15) is 19.7 Å². The Balaban J connectivity index is 1.65. The number of urea groups is 1. The average Bonchev–Trinajstić information content (AvgIpc) is 3.33. The van der Waals surface area contributed by atoms with Gasteiger partial charge in [0.05, 0.1) is 9.46 Å². The van der Waals surface area contributed by atoms with Crippen LogP contribution in [0.15, 0.2) is 94.7 Å². The number of amides is 2. The van der Waals surface area contributed by atoms with Crippen LogP contribution in [0.25, 0.3) is 6.08 Å². The van der Waals surface area contributed by atoms with Crippen LogP contribution in [0.4, 0.5) is 10.5 Å². The number of hydrogen-bond donors (Lipinski definition) is 1. The maximum atomic E-state index is 13.7. The maximum absolute atomic E-state index is 13.7. The van der Waals surface area contributed by atoms with E-state index in [-0.39, 0.29) is 17.3 Å². The van der Waals surface area contributed by atoms with Crippen molar-refractivity contribution in [2.24, 2.45) is 4.99 Å². The fourth-order valence-corrected chi connectivity index (χ4v) is 6.33. The smallest absolute Gasteiger partial charge is 0.295 e. The number of carbonyl (C=O) groups is 1. The third-order valence-corrected chi connectivity index (χ3v) is 8.14. The second-order valence-electron chi connectivity index (χ2n) is 9.12. The standard InChI is InChI=1S/C27H22N6O4S/c1-30-25(35)31(2)27(20-11-7-4-8-12-20)26(30,19-9-5-3-6-10-19)28-24-32(29-27)23(34)22(38-24)17-18-13-15-21(16-14-18)33(36)37/h3-17,29H,1-2H3/b22-17-. The van der Waals surface area contributed by atoms with Gasteiger partial charge in [0, 0.05) is 37.4 Å². The quantitative estimate of drug-likeness (QED) is 0.324.